The van der Waals surface area contributed by atoms with E-state index in [4.69, 9.17) is 22.7 Å². The molecule has 13 heteroatoms. The van der Waals surface area contributed by atoms with E-state index in [1.165, 1.54) is 0 Å². The summed E-state index contributed by atoms with van der Waals surface area (Å²) in [5.41, 5.74) is 0.978. The zero-order chi connectivity index (χ0) is 23.3. The molecule has 0 bridgehead atoms. The normalized spacial score (nSPS) is 9.80. The number of benzene rings is 1. The van der Waals surface area contributed by atoms with Gasteiger partial charge in [-0.15, -0.1) is 0 Å². The maximum atomic E-state index is 10.9. The first kappa shape index (κ1) is 35.8. The Morgan fingerprint density at radius 1 is 0.733 bits per heavy atom. The van der Waals surface area contributed by atoms with Crippen molar-refractivity contribution >= 4 is 46.3 Å². The Labute approximate surface area is 189 Å². The maximum absolute atomic E-state index is 10.9. The predicted octanol–water partition coefficient (Wildman–Crippen LogP) is 0.401. The van der Waals surface area contributed by atoms with Crippen LogP contribution >= 0.6 is 0 Å². The van der Waals surface area contributed by atoms with Crippen LogP contribution < -0.4 is 4.90 Å². The number of rotatable bonds is 11. The first-order valence-corrected chi connectivity index (χ1v) is 11.5. The van der Waals surface area contributed by atoms with Crippen molar-refractivity contribution in [1.82, 2.24) is 0 Å². The fourth-order valence-corrected chi connectivity index (χ4v) is 2.78. The molecule has 0 spiro atoms. The Balaban J connectivity index is -0.000000441. The molecule has 1 aromatic rings. The first-order chi connectivity index (χ1) is 13.7. The standard InChI is InChI=1S/C14H23NO6S2.3CHO.Cr/c1-22(16,17)20-12-6-10-15(14-8-4-3-5-9-14)11-7-13-21-23(2,18)19;3*1-2;/h3-5,8-9H,6-7,10-13H2,1-2H3;3*1H;/q;3*-1;+3. The number of nitrogens with zero attached hydrogens (tertiary/aromatic N) is 1. The number of carbonyl (C=O) groups excluding carboxylic acids is 3. The molecule has 0 amide bonds. The Hall–Kier alpha value is -1.62. The van der Waals surface area contributed by atoms with E-state index in [1.807, 2.05) is 35.2 Å². The van der Waals surface area contributed by atoms with E-state index < -0.39 is 20.2 Å². The molecule has 0 aliphatic rings. The molecule has 0 aliphatic heterocycles. The monoisotopic (exact) mass is 504 g/mol. The second kappa shape index (κ2) is 22.1. The van der Waals surface area contributed by atoms with Gasteiger partial charge in [0.1, 0.15) is 0 Å². The van der Waals surface area contributed by atoms with Gasteiger partial charge >= 0.3 is 17.4 Å². The Morgan fingerprint density at radius 3 is 1.37 bits per heavy atom. The van der Waals surface area contributed by atoms with Crippen LogP contribution in [0.15, 0.2) is 30.3 Å². The zero-order valence-electron chi connectivity index (χ0n) is 16.7. The summed E-state index contributed by atoms with van der Waals surface area (Å²) >= 11 is 0. The Morgan fingerprint density at radius 2 is 1.07 bits per heavy atom. The zero-order valence-corrected chi connectivity index (χ0v) is 19.6. The molecule has 0 N–H and O–H groups in total. The fraction of sp³-hybridized carbons (Fsp3) is 0.471. The van der Waals surface area contributed by atoms with E-state index in [0.717, 1.165) is 18.2 Å². The number of hydrogen-bond acceptors (Lipinski definition) is 10. The Bertz CT molecular complexity index is 671. The molecule has 1 aromatic carbocycles. The van der Waals surface area contributed by atoms with Crippen LogP contribution in [0.3, 0.4) is 0 Å². The molecule has 1 radical (unpaired) electrons. The molecule has 30 heavy (non-hydrogen) atoms. The van der Waals surface area contributed by atoms with Gasteiger partial charge in [0, 0.05) is 18.8 Å². The van der Waals surface area contributed by atoms with Crippen LogP contribution in [0.2, 0.25) is 0 Å². The SMILES string of the molecule is CS(=O)(=O)OCCCN(CCCOS(C)(=O)=O)c1ccccc1.[CH-]=O.[CH-]=O.[CH-]=O.[Cr+3]. The largest absolute Gasteiger partial charge is 3.00 e. The van der Waals surface area contributed by atoms with E-state index in [1.54, 1.807) is 0 Å². The van der Waals surface area contributed by atoms with Gasteiger partial charge in [0.15, 0.2) is 0 Å². The molecule has 1 rings (SSSR count). The Kier molecular flexibility index (Phi) is 26.3. The third kappa shape index (κ3) is 24.4. The van der Waals surface area contributed by atoms with Crippen LogP contribution in [0.1, 0.15) is 12.8 Å². The summed E-state index contributed by atoms with van der Waals surface area (Å²) in [4.78, 5) is 25.3. The van der Waals surface area contributed by atoms with E-state index in [9.17, 15) is 16.8 Å². The molecule has 0 aromatic heterocycles. The minimum Gasteiger partial charge on any atom is -0.545 e. The van der Waals surface area contributed by atoms with Gasteiger partial charge in [-0.3, -0.25) is 28.7 Å². The summed E-state index contributed by atoms with van der Waals surface area (Å²) in [5, 5.41) is 0. The average Bonchev–Trinajstić information content (AvgIpc) is 2.70. The van der Waals surface area contributed by atoms with Crippen LogP contribution in [-0.4, -0.2) is 76.0 Å². The number of hydrogen-bond donors (Lipinski definition) is 0. The molecule has 0 saturated carbocycles. The van der Waals surface area contributed by atoms with Gasteiger partial charge in [-0.2, -0.15) is 16.8 Å². The molecule has 0 fully saturated rings. The molecule has 10 nitrogen and oxygen atoms in total. The van der Waals surface area contributed by atoms with Crippen molar-refractivity contribution in [1.29, 1.82) is 0 Å². The second-order valence-electron chi connectivity index (χ2n) is 5.08. The van der Waals surface area contributed by atoms with Crippen molar-refractivity contribution in [3.63, 3.8) is 0 Å². The third-order valence-corrected chi connectivity index (χ3v) is 4.05. The first-order valence-electron chi connectivity index (χ1n) is 7.87. The van der Waals surface area contributed by atoms with Gasteiger partial charge < -0.3 is 19.3 Å². The van der Waals surface area contributed by atoms with Crippen molar-refractivity contribution in [2.75, 3.05) is 43.7 Å². The molecule has 0 atom stereocenters. The molecule has 0 unspecified atom stereocenters. The summed E-state index contributed by atoms with van der Waals surface area (Å²) < 4.78 is 53.2. The average molecular weight is 505 g/mol. The van der Waals surface area contributed by atoms with Crippen molar-refractivity contribution in [2.45, 2.75) is 12.8 Å². The number of para-hydroxylation sites is 1. The van der Waals surface area contributed by atoms with Crippen LogP contribution in [0.4, 0.5) is 5.69 Å². The van der Waals surface area contributed by atoms with Crippen LogP contribution in [-0.2, 0) is 60.3 Å². The van der Waals surface area contributed by atoms with Crippen LogP contribution in [0, 0.1) is 0 Å². The minimum atomic E-state index is -3.43. The van der Waals surface area contributed by atoms with Crippen LogP contribution in [0.25, 0.3) is 0 Å². The number of anilines is 1. The van der Waals surface area contributed by atoms with Gasteiger partial charge in [-0.25, -0.2) is 0 Å². The topological polar surface area (TPSA) is 141 Å². The minimum absolute atomic E-state index is 0. The molecule has 171 valence electrons. The molecular weight excluding hydrogens is 478 g/mol. The van der Waals surface area contributed by atoms with Crippen molar-refractivity contribution in [3.05, 3.63) is 30.3 Å². The van der Waals surface area contributed by atoms with Gasteiger partial charge in [-0.1, -0.05) is 18.2 Å². The van der Waals surface area contributed by atoms with Gasteiger partial charge in [0.05, 0.1) is 25.7 Å². The van der Waals surface area contributed by atoms with E-state index in [0.29, 0.717) is 25.9 Å². The molecule has 0 aliphatic carbocycles. The summed E-state index contributed by atoms with van der Waals surface area (Å²) in [7, 11) is -6.86. The van der Waals surface area contributed by atoms with Crippen molar-refractivity contribution < 1.29 is 56.9 Å². The third-order valence-electron chi connectivity index (χ3n) is 2.86. The van der Waals surface area contributed by atoms with E-state index in [2.05, 4.69) is 20.4 Å². The summed E-state index contributed by atoms with van der Waals surface area (Å²) in [6.45, 7) is 11.2. The summed E-state index contributed by atoms with van der Waals surface area (Å²) in [6.07, 6.45) is 3.11. The second-order valence-corrected chi connectivity index (χ2v) is 8.37. The van der Waals surface area contributed by atoms with Crippen molar-refractivity contribution in [2.24, 2.45) is 0 Å². The van der Waals surface area contributed by atoms with Crippen molar-refractivity contribution in [3.8, 4) is 0 Å². The smallest absolute Gasteiger partial charge is 0.545 e. The van der Waals surface area contributed by atoms with Crippen LogP contribution in [0.5, 0.6) is 0 Å². The summed E-state index contributed by atoms with van der Waals surface area (Å²) in [6, 6.07) is 9.59. The maximum Gasteiger partial charge on any atom is 3.00 e. The quantitative estimate of drug-likeness (QED) is 0.180. The molecular formula is C17H26CrNO9S2. The van der Waals surface area contributed by atoms with E-state index >= 15 is 0 Å². The predicted molar refractivity (Wildman–Crippen MR) is 110 cm³/mol. The fourth-order valence-electron chi connectivity index (χ4n) is 1.94. The summed E-state index contributed by atoms with van der Waals surface area (Å²) in [5.74, 6) is 0. The van der Waals surface area contributed by atoms with Gasteiger partial charge in [0.25, 0.3) is 20.2 Å². The van der Waals surface area contributed by atoms with Gasteiger partial charge in [0.2, 0.25) is 0 Å². The molecule has 0 saturated heterocycles. The molecule has 0 heterocycles. The van der Waals surface area contributed by atoms with Gasteiger partial charge in [-0.05, 0) is 25.0 Å². The van der Waals surface area contributed by atoms with E-state index in [-0.39, 0.29) is 30.6 Å².